The van der Waals surface area contributed by atoms with Gasteiger partial charge in [0, 0.05) is 44.0 Å². The first kappa shape index (κ1) is 24.5. The summed E-state index contributed by atoms with van der Waals surface area (Å²) in [5.41, 5.74) is 9.56. The first-order valence-corrected chi connectivity index (χ1v) is 14.6. The Kier molecular flexibility index (Phi) is 5.26. The van der Waals surface area contributed by atoms with E-state index >= 15 is 0 Å². The summed E-state index contributed by atoms with van der Waals surface area (Å²) in [6.07, 6.45) is 0. The van der Waals surface area contributed by atoms with E-state index in [1.54, 1.807) is 0 Å². The second kappa shape index (κ2) is 9.45. The van der Waals surface area contributed by atoms with Crippen molar-refractivity contribution in [3.05, 3.63) is 156 Å². The van der Waals surface area contributed by atoms with Gasteiger partial charge in [-0.05, 0) is 54.1 Å². The van der Waals surface area contributed by atoms with Crippen molar-refractivity contribution in [1.82, 2.24) is 4.57 Å². The number of nitriles is 1. The zero-order valence-corrected chi connectivity index (χ0v) is 23.5. The van der Waals surface area contributed by atoms with E-state index in [9.17, 15) is 5.26 Å². The number of fused-ring (bicyclic) bond motifs is 7. The lowest BCUT2D eigenvalue weighted by Gasteiger charge is -2.27. The zero-order valence-electron chi connectivity index (χ0n) is 23.5. The number of aromatic nitrogens is 1. The monoisotopic (exact) mass is 564 g/mol. The third-order valence-corrected chi connectivity index (χ3v) is 8.70. The predicted molar refractivity (Wildman–Crippen MR) is 178 cm³/mol. The smallest absolute Gasteiger partial charge is 0.136 e. The molecule has 1 aliphatic rings. The fraction of sp³-hybridized carbons (Fsp3) is 0.0256. The van der Waals surface area contributed by atoms with Gasteiger partial charge in [-0.2, -0.15) is 5.26 Å². The Labute approximate surface area is 252 Å². The molecule has 206 valence electrons. The molecule has 1 N–H and O–H groups in total. The van der Waals surface area contributed by atoms with E-state index in [1.807, 2.05) is 60.7 Å². The number of aliphatic imine (C=N–C) groups is 1. The maximum atomic E-state index is 10.0. The van der Waals surface area contributed by atoms with Crippen LogP contribution in [0.25, 0.3) is 49.4 Å². The number of benzene rings is 6. The Bertz CT molecular complexity index is 2480. The Balaban J connectivity index is 1.23. The van der Waals surface area contributed by atoms with E-state index in [-0.39, 0.29) is 6.04 Å². The number of nitrogens with zero attached hydrogens (tertiary/aromatic N) is 3. The Hall–Kier alpha value is -6.12. The molecule has 6 aromatic carbocycles. The number of hydrogen-bond donors (Lipinski definition) is 1. The number of amidine groups is 1. The van der Waals surface area contributed by atoms with Gasteiger partial charge < -0.3 is 14.3 Å². The lowest BCUT2D eigenvalue weighted by Crippen LogP contribution is -2.23. The summed E-state index contributed by atoms with van der Waals surface area (Å²) in [4.78, 5) is 5.16. The maximum Gasteiger partial charge on any atom is 0.136 e. The fourth-order valence-electron chi connectivity index (χ4n) is 6.67. The zero-order chi connectivity index (χ0) is 29.2. The van der Waals surface area contributed by atoms with E-state index in [1.165, 1.54) is 5.39 Å². The van der Waals surface area contributed by atoms with Crippen molar-refractivity contribution in [1.29, 1.82) is 5.26 Å². The van der Waals surface area contributed by atoms with Crippen molar-refractivity contribution < 1.29 is 4.42 Å². The van der Waals surface area contributed by atoms with Gasteiger partial charge in [0.05, 0.1) is 22.7 Å². The molecule has 8 aromatic rings. The summed E-state index contributed by atoms with van der Waals surface area (Å²) in [5, 5.41) is 18.0. The minimum atomic E-state index is -0.318. The van der Waals surface area contributed by atoms with Crippen molar-refractivity contribution in [2.24, 2.45) is 4.99 Å². The van der Waals surface area contributed by atoms with Gasteiger partial charge in [0.2, 0.25) is 0 Å². The summed E-state index contributed by atoms with van der Waals surface area (Å²) < 4.78 is 8.57. The molecule has 0 radical (unpaired) electrons. The Morgan fingerprint density at radius 1 is 0.659 bits per heavy atom. The minimum Gasteiger partial charge on any atom is -0.456 e. The van der Waals surface area contributed by atoms with Crippen LogP contribution in [0, 0.1) is 11.3 Å². The molecule has 9 rings (SSSR count). The average molecular weight is 565 g/mol. The van der Waals surface area contributed by atoms with Gasteiger partial charge in [-0.1, -0.05) is 84.9 Å². The van der Waals surface area contributed by atoms with Crippen LogP contribution in [0.1, 0.15) is 28.3 Å². The molecule has 0 bridgehead atoms. The van der Waals surface area contributed by atoms with Gasteiger partial charge in [0.15, 0.2) is 0 Å². The van der Waals surface area contributed by atoms with Crippen LogP contribution in [0.15, 0.2) is 143 Å². The number of nitrogens with one attached hydrogen (secondary N) is 1. The lowest BCUT2D eigenvalue weighted by atomic mass is 9.91. The normalized spacial score (nSPS) is 14.4. The average Bonchev–Trinajstić information content (AvgIpc) is 3.61. The highest BCUT2D eigenvalue weighted by Crippen LogP contribution is 2.40. The third-order valence-electron chi connectivity index (χ3n) is 8.70. The van der Waals surface area contributed by atoms with Gasteiger partial charge in [0.25, 0.3) is 0 Å². The Morgan fingerprint density at radius 2 is 1.43 bits per heavy atom. The summed E-state index contributed by atoms with van der Waals surface area (Å²) >= 11 is 0. The lowest BCUT2D eigenvalue weighted by molar-refractivity contribution is 0.669. The summed E-state index contributed by atoms with van der Waals surface area (Å²) in [5.74, 6) is 0.793. The molecule has 0 aliphatic carbocycles. The molecule has 0 spiro atoms. The highest BCUT2D eigenvalue weighted by Gasteiger charge is 2.27. The molecule has 1 unspecified atom stereocenters. The topological polar surface area (TPSA) is 66.2 Å². The van der Waals surface area contributed by atoms with Gasteiger partial charge in [-0.25, -0.2) is 0 Å². The molecule has 3 heterocycles. The van der Waals surface area contributed by atoms with E-state index in [4.69, 9.17) is 9.41 Å². The largest absolute Gasteiger partial charge is 0.456 e. The van der Waals surface area contributed by atoms with Gasteiger partial charge in [0.1, 0.15) is 23.0 Å². The number of hydrogen-bond acceptors (Lipinski definition) is 4. The summed E-state index contributed by atoms with van der Waals surface area (Å²) in [7, 11) is 0. The standard InChI is InChI=1S/C39H24N4O/c40-23-26-11-8-14-32-37(26)38(42-39(41-32)25-9-2-1-3-10-25)24-17-19-27(20-18-24)43-33-15-6-4-12-28(33)30-22-36-31(21-34(30)43)29-13-5-7-16-35(29)44-36/h1-22,38H,(H,41,42). The van der Waals surface area contributed by atoms with Crippen molar-refractivity contribution in [2.75, 3.05) is 5.32 Å². The fourth-order valence-corrected chi connectivity index (χ4v) is 6.67. The van der Waals surface area contributed by atoms with Crippen LogP contribution < -0.4 is 5.32 Å². The van der Waals surface area contributed by atoms with Crippen LogP contribution in [-0.4, -0.2) is 10.4 Å². The van der Waals surface area contributed by atoms with Gasteiger partial charge >= 0.3 is 0 Å². The molecule has 1 atom stereocenters. The number of anilines is 1. The molecule has 5 nitrogen and oxygen atoms in total. The second-order valence-corrected chi connectivity index (χ2v) is 11.2. The molecule has 0 saturated carbocycles. The van der Waals surface area contributed by atoms with Crippen molar-refractivity contribution >= 4 is 55.3 Å². The molecule has 1 aliphatic heterocycles. The summed E-state index contributed by atoms with van der Waals surface area (Å²) in [6, 6.07) is 47.7. The van der Waals surface area contributed by atoms with Crippen LogP contribution in [0.3, 0.4) is 0 Å². The number of para-hydroxylation sites is 2. The molecule has 5 heteroatoms. The van der Waals surface area contributed by atoms with Crippen molar-refractivity contribution in [2.45, 2.75) is 6.04 Å². The third kappa shape index (κ3) is 3.62. The minimum absolute atomic E-state index is 0.318. The highest BCUT2D eigenvalue weighted by molar-refractivity contribution is 6.17. The van der Waals surface area contributed by atoms with E-state index in [2.05, 4.69) is 88.7 Å². The highest BCUT2D eigenvalue weighted by atomic mass is 16.3. The molecule has 0 fully saturated rings. The molecule has 0 amide bonds. The Morgan fingerprint density at radius 3 is 2.27 bits per heavy atom. The summed E-state index contributed by atoms with van der Waals surface area (Å²) in [6.45, 7) is 0. The predicted octanol–water partition coefficient (Wildman–Crippen LogP) is 9.52. The molecular weight excluding hydrogens is 540 g/mol. The van der Waals surface area contributed by atoms with Crippen molar-refractivity contribution in [3.8, 4) is 11.8 Å². The van der Waals surface area contributed by atoms with Crippen LogP contribution in [0.2, 0.25) is 0 Å². The quantitative estimate of drug-likeness (QED) is 0.232. The van der Waals surface area contributed by atoms with Crippen LogP contribution in [-0.2, 0) is 0 Å². The SMILES string of the molecule is N#Cc1cccc2c1C(c1ccc(-n3c4ccccc4c4cc5oc6ccccc6c5cc43)cc1)N=C(c1ccccc1)N2. The molecule has 44 heavy (non-hydrogen) atoms. The van der Waals surface area contributed by atoms with E-state index in [0.717, 1.165) is 72.3 Å². The van der Waals surface area contributed by atoms with Gasteiger partial charge in [-0.3, -0.25) is 4.99 Å². The molecular formula is C39H24N4O. The molecule has 2 aromatic heterocycles. The second-order valence-electron chi connectivity index (χ2n) is 11.2. The molecule has 0 saturated heterocycles. The van der Waals surface area contributed by atoms with Crippen molar-refractivity contribution in [3.63, 3.8) is 0 Å². The van der Waals surface area contributed by atoms with Gasteiger partial charge in [-0.15, -0.1) is 0 Å². The maximum absolute atomic E-state index is 10.0. The number of rotatable bonds is 3. The van der Waals surface area contributed by atoms with E-state index in [0.29, 0.717) is 5.56 Å². The first-order valence-electron chi connectivity index (χ1n) is 14.6. The van der Waals surface area contributed by atoms with Crippen LogP contribution in [0.5, 0.6) is 0 Å². The van der Waals surface area contributed by atoms with Crippen LogP contribution >= 0.6 is 0 Å². The first-order chi connectivity index (χ1) is 21.8. The van der Waals surface area contributed by atoms with Crippen LogP contribution in [0.4, 0.5) is 5.69 Å². The van der Waals surface area contributed by atoms with E-state index < -0.39 is 0 Å². The number of furan rings is 1.